The van der Waals surface area contributed by atoms with Crippen molar-refractivity contribution in [3.8, 4) is 0 Å². The summed E-state index contributed by atoms with van der Waals surface area (Å²) >= 11 is 5.79. The van der Waals surface area contributed by atoms with E-state index >= 15 is 0 Å². The molecule has 1 N–H and O–H groups in total. The predicted molar refractivity (Wildman–Crippen MR) is 86.1 cm³/mol. The lowest BCUT2D eigenvalue weighted by atomic mass is 10.2. The van der Waals surface area contributed by atoms with Crippen LogP contribution < -0.4 is 10.9 Å². The van der Waals surface area contributed by atoms with Crippen molar-refractivity contribution in [1.82, 2.24) is 9.55 Å². The van der Waals surface area contributed by atoms with Gasteiger partial charge in [0.2, 0.25) is 5.91 Å². The van der Waals surface area contributed by atoms with Crippen LogP contribution in [0.4, 0.5) is 5.69 Å². The normalized spacial score (nSPS) is 10.6. The molecule has 5 nitrogen and oxygen atoms in total. The lowest BCUT2D eigenvalue weighted by Gasteiger charge is -2.08. The monoisotopic (exact) mass is 313 g/mol. The lowest BCUT2D eigenvalue weighted by molar-refractivity contribution is -0.116. The van der Waals surface area contributed by atoms with Crippen molar-refractivity contribution in [2.75, 3.05) is 5.32 Å². The molecule has 0 saturated carbocycles. The molecule has 3 rings (SSSR count). The average Bonchev–Trinajstić information content (AvgIpc) is 2.53. The van der Waals surface area contributed by atoms with Crippen LogP contribution in [0.1, 0.15) is 0 Å². The second kappa shape index (κ2) is 5.99. The van der Waals surface area contributed by atoms with Crippen molar-refractivity contribution >= 4 is 34.1 Å². The van der Waals surface area contributed by atoms with Gasteiger partial charge in [0, 0.05) is 10.7 Å². The van der Waals surface area contributed by atoms with Gasteiger partial charge in [-0.05, 0) is 36.4 Å². The van der Waals surface area contributed by atoms with E-state index in [1.807, 2.05) is 6.07 Å². The number of benzene rings is 2. The number of nitrogens with one attached hydrogen (secondary N) is 1. The number of rotatable bonds is 3. The first kappa shape index (κ1) is 14.3. The number of carbonyl (C=O) groups is 1. The summed E-state index contributed by atoms with van der Waals surface area (Å²) in [6, 6.07) is 13.8. The zero-order valence-electron chi connectivity index (χ0n) is 11.5. The Bertz CT molecular complexity index is 888. The lowest BCUT2D eigenvalue weighted by Crippen LogP contribution is -2.27. The molecule has 0 aliphatic rings. The number of hydrogen-bond donors (Lipinski definition) is 1. The summed E-state index contributed by atoms with van der Waals surface area (Å²) in [6.07, 6.45) is 1.38. The highest BCUT2D eigenvalue weighted by molar-refractivity contribution is 6.30. The van der Waals surface area contributed by atoms with Crippen LogP contribution in [-0.4, -0.2) is 15.5 Å². The first-order valence-electron chi connectivity index (χ1n) is 6.63. The van der Waals surface area contributed by atoms with Gasteiger partial charge in [-0.3, -0.25) is 14.2 Å². The van der Waals surface area contributed by atoms with Crippen molar-refractivity contribution in [2.45, 2.75) is 6.54 Å². The number of hydrogen-bond acceptors (Lipinski definition) is 3. The number of fused-ring (bicyclic) bond motifs is 1. The molecule has 1 amide bonds. The van der Waals surface area contributed by atoms with Crippen molar-refractivity contribution < 1.29 is 4.79 Å². The molecule has 6 heteroatoms. The predicted octanol–water partition coefficient (Wildman–Crippen LogP) is 2.69. The highest BCUT2D eigenvalue weighted by Gasteiger charge is 2.08. The van der Waals surface area contributed by atoms with E-state index in [4.69, 9.17) is 11.6 Å². The Labute approximate surface area is 131 Å². The Balaban J connectivity index is 1.81. The van der Waals surface area contributed by atoms with E-state index in [9.17, 15) is 9.59 Å². The maximum Gasteiger partial charge on any atom is 0.261 e. The van der Waals surface area contributed by atoms with Gasteiger partial charge < -0.3 is 5.32 Å². The SMILES string of the molecule is O=C(Cn1cnc2ccccc2c1=O)Nc1ccc(Cl)cc1. The van der Waals surface area contributed by atoms with Gasteiger partial charge in [0.1, 0.15) is 6.54 Å². The maximum atomic E-state index is 12.3. The molecule has 0 spiro atoms. The minimum absolute atomic E-state index is 0.0979. The molecule has 0 unspecified atom stereocenters. The minimum atomic E-state index is -0.304. The van der Waals surface area contributed by atoms with Crippen LogP contribution in [0.25, 0.3) is 10.9 Å². The second-order valence-electron chi connectivity index (χ2n) is 4.75. The number of halogens is 1. The summed E-state index contributed by atoms with van der Waals surface area (Å²) in [7, 11) is 0. The van der Waals surface area contributed by atoms with Gasteiger partial charge in [0.25, 0.3) is 5.56 Å². The number of anilines is 1. The fraction of sp³-hybridized carbons (Fsp3) is 0.0625. The molecular formula is C16H12ClN3O2. The highest BCUT2D eigenvalue weighted by Crippen LogP contribution is 2.13. The topological polar surface area (TPSA) is 64.0 Å². The summed E-state index contributed by atoms with van der Waals surface area (Å²) in [5.74, 6) is -0.304. The molecule has 0 atom stereocenters. The molecule has 0 radical (unpaired) electrons. The van der Waals surface area contributed by atoms with Gasteiger partial charge in [0.15, 0.2) is 0 Å². The van der Waals surface area contributed by atoms with Gasteiger partial charge in [-0.25, -0.2) is 4.98 Å². The van der Waals surface area contributed by atoms with Crippen LogP contribution in [0.3, 0.4) is 0 Å². The van der Waals surface area contributed by atoms with E-state index in [1.54, 1.807) is 42.5 Å². The van der Waals surface area contributed by atoms with Crippen LogP contribution in [-0.2, 0) is 11.3 Å². The Morgan fingerprint density at radius 2 is 1.86 bits per heavy atom. The number of amides is 1. The smallest absolute Gasteiger partial charge is 0.261 e. The molecule has 110 valence electrons. The standard InChI is InChI=1S/C16H12ClN3O2/c17-11-5-7-12(8-6-11)19-15(21)9-20-10-18-14-4-2-1-3-13(14)16(20)22/h1-8,10H,9H2,(H,19,21). The Morgan fingerprint density at radius 1 is 1.14 bits per heavy atom. The molecule has 0 bridgehead atoms. The number of aromatic nitrogens is 2. The molecule has 0 saturated heterocycles. The van der Waals surface area contributed by atoms with Crippen LogP contribution in [0.2, 0.25) is 5.02 Å². The van der Waals surface area contributed by atoms with Gasteiger partial charge in [-0.2, -0.15) is 0 Å². The van der Waals surface area contributed by atoms with E-state index in [1.165, 1.54) is 10.9 Å². The molecule has 2 aromatic carbocycles. The van der Waals surface area contributed by atoms with E-state index in [2.05, 4.69) is 10.3 Å². The number of carbonyl (C=O) groups excluding carboxylic acids is 1. The fourth-order valence-electron chi connectivity index (χ4n) is 2.11. The zero-order valence-corrected chi connectivity index (χ0v) is 12.2. The summed E-state index contributed by atoms with van der Waals surface area (Å²) < 4.78 is 1.29. The average molecular weight is 314 g/mol. The number of para-hydroxylation sites is 1. The maximum absolute atomic E-state index is 12.3. The molecule has 0 aliphatic heterocycles. The third-order valence-corrected chi connectivity index (χ3v) is 3.43. The van der Waals surface area contributed by atoms with Crippen LogP contribution in [0.5, 0.6) is 0 Å². The zero-order chi connectivity index (χ0) is 15.5. The first-order valence-corrected chi connectivity index (χ1v) is 7.01. The van der Waals surface area contributed by atoms with Crippen molar-refractivity contribution in [1.29, 1.82) is 0 Å². The molecule has 1 aromatic heterocycles. The quantitative estimate of drug-likeness (QED) is 0.808. The molecular weight excluding hydrogens is 302 g/mol. The fourth-order valence-corrected chi connectivity index (χ4v) is 2.23. The minimum Gasteiger partial charge on any atom is -0.325 e. The van der Waals surface area contributed by atoms with Gasteiger partial charge >= 0.3 is 0 Å². The van der Waals surface area contributed by atoms with Crippen LogP contribution in [0.15, 0.2) is 59.7 Å². The van der Waals surface area contributed by atoms with Gasteiger partial charge in [-0.1, -0.05) is 23.7 Å². The van der Waals surface area contributed by atoms with Crippen molar-refractivity contribution in [3.05, 3.63) is 70.2 Å². The van der Waals surface area contributed by atoms with Gasteiger partial charge in [0.05, 0.1) is 17.2 Å². The molecule has 0 aliphatic carbocycles. The molecule has 3 aromatic rings. The second-order valence-corrected chi connectivity index (χ2v) is 5.19. The van der Waals surface area contributed by atoms with E-state index < -0.39 is 0 Å². The molecule has 1 heterocycles. The first-order chi connectivity index (χ1) is 10.6. The Hall–Kier alpha value is -2.66. The highest BCUT2D eigenvalue weighted by atomic mass is 35.5. The van der Waals surface area contributed by atoms with Crippen molar-refractivity contribution in [2.24, 2.45) is 0 Å². The van der Waals surface area contributed by atoms with Crippen LogP contribution >= 0.6 is 11.6 Å². The van der Waals surface area contributed by atoms with E-state index in [-0.39, 0.29) is 18.0 Å². The third-order valence-electron chi connectivity index (χ3n) is 3.17. The van der Waals surface area contributed by atoms with Gasteiger partial charge in [-0.15, -0.1) is 0 Å². The summed E-state index contributed by atoms with van der Waals surface area (Å²) in [5, 5.41) is 3.79. The van der Waals surface area contributed by atoms with Crippen LogP contribution in [0, 0.1) is 0 Å². The summed E-state index contributed by atoms with van der Waals surface area (Å²) in [4.78, 5) is 28.5. The Kier molecular flexibility index (Phi) is 3.89. The summed E-state index contributed by atoms with van der Waals surface area (Å²) in [6.45, 7) is -0.0979. The molecule has 0 fully saturated rings. The third kappa shape index (κ3) is 2.99. The van der Waals surface area contributed by atoms with E-state index in [0.29, 0.717) is 21.6 Å². The largest absolute Gasteiger partial charge is 0.325 e. The Morgan fingerprint density at radius 3 is 2.64 bits per heavy atom. The van der Waals surface area contributed by atoms with Crippen molar-refractivity contribution in [3.63, 3.8) is 0 Å². The molecule has 22 heavy (non-hydrogen) atoms. The number of nitrogens with zero attached hydrogens (tertiary/aromatic N) is 2. The van der Waals surface area contributed by atoms with E-state index in [0.717, 1.165) is 0 Å². The summed E-state index contributed by atoms with van der Waals surface area (Å²) in [5.41, 5.74) is 0.995.